The van der Waals surface area contributed by atoms with E-state index < -0.39 is 18.2 Å². The van der Waals surface area contributed by atoms with Crippen LogP contribution in [0.1, 0.15) is 303 Å². The summed E-state index contributed by atoms with van der Waals surface area (Å²) in [6.45, 7) is 4.23. The Hall–Kier alpha value is -1.43. The van der Waals surface area contributed by atoms with Crippen LogP contribution in [0.3, 0.4) is 0 Å². The summed E-state index contributed by atoms with van der Waals surface area (Å²) in [6.07, 6.45) is 69.1. The fourth-order valence-corrected chi connectivity index (χ4v) is 8.85. The van der Waals surface area contributed by atoms with Crippen LogP contribution < -0.4 is 5.32 Å². The van der Waals surface area contributed by atoms with E-state index in [0.717, 1.165) is 38.5 Å². The van der Waals surface area contributed by atoms with Gasteiger partial charge in [0.15, 0.2) is 0 Å². The Morgan fingerprint density at radius 3 is 1.02 bits per heavy atom. The third-order valence-electron chi connectivity index (χ3n) is 13.2. The molecule has 372 valence electrons. The van der Waals surface area contributed by atoms with Gasteiger partial charge in [0.25, 0.3) is 0 Å². The number of aliphatic hydroxyl groups excluding tert-OH is 3. The smallest absolute Gasteiger partial charge is 0.222 e. The van der Waals surface area contributed by atoms with Crippen LogP contribution >= 0.6 is 0 Å². The molecule has 0 fully saturated rings. The predicted molar refractivity (Wildman–Crippen MR) is 278 cm³/mol. The molecule has 0 aromatic heterocycles. The Balaban J connectivity index is 3.59. The Morgan fingerprint density at radius 1 is 0.397 bits per heavy atom. The number of rotatable bonds is 52. The molecule has 0 rings (SSSR count). The van der Waals surface area contributed by atoms with Crippen molar-refractivity contribution in [2.45, 2.75) is 321 Å². The highest BCUT2D eigenvalue weighted by Crippen LogP contribution is 2.17. The van der Waals surface area contributed by atoms with E-state index in [9.17, 15) is 20.1 Å². The van der Waals surface area contributed by atoms with Gasteiger partial charge in [-0.2, -0.15) is 0 Å². The molecule has 0 saturated heterocycles. The first-order valence-corrected chi connectivity index (χ1v) is 28.3. The van der Waals surface area contributed by atoms with E-state index in [1.165, 1.54) is 238 Å². The van der Waals surface area contributed by atoms with Crippen molar-refractivity contribution in [2.75, 3.05) is 6.61 Å². The van der Waals surface area contributed by atoms with Gasteiger partial charge in [-0.15, -0.1) is 0 Å². The predicted octanol–water partition coefficient (Wildman–Crippen LogP) is 17.4. The van der Waals surface area contributed by atoms with E-state index in [-0.39, 0.29) is 18.9 Å². The molecule has 63 heavy (non-hydrogen) atoms. The summed E-state index contributed by atoms with van der Waals surface area (Å²) in [5.41, 5.74) is 0. The van der Waals surface area contributed by atoms with Crippen molar-refractivity contribution in [3.8, 4) is 0 Å². The standard InChI is InChI=1S/C58H111NO4/c1-3-5-7-9-11-13-15-17-19-21-23-25-26-27-28-29-30-32-33-35-37-39-41-43-45-47-49-51-55(61)53-58(63)59-56(54-60)57(62)52-50-48-46-44-42-40-38-36-34-31-24-22-20-18-16-14-12-10-8-6-4-2/h34,36,42,44,50,52,55-57,60-62H,3-33,35,37-41,43,45-49,51,53-54H2,1-2H3,(H,59,63)/b36-34+,44-42+,52-50+. The van der Waals surface area contributed by atoms with Gasteiger partial charge in [-0.25, -0.2) is 0 Å². The first kappa shape index (κ1) is 61.6. The van der Waals surface area contributed by atoms with E-state index in [2.05, 4.69) is 43.5 Å². The molecular formula is C58H111NO4. The molecule has 0 aliphatic carbocycles. The van der Waals surface area contributed by atoms with Crippen molar-refractivity contribution >= 4 is 5.91 Å². The molecule has 0 aromatic rings. The van der Waals surface area contributed by atoms with Gasteiger partial charge in [-0.05, 0) is 44.9 Å². The van der Waals surface area contributed by atoms with Crippen LogP contribution in [-0.2, 0) is 4.79 Å². The van der Waals surface area contributed by atoms with Crippen molar-refractivity contribution in [3.63, 3.8) is 0 Å². The van der Waals surface area contributed by atoms with Crippen LogP contribution in [0.4, 0.5) is 0 Å². The maximum Gasteiger partial charge on any atom is 0.222 e. The number of carbonyl (C=O) groups excluding carboxylic acids is 1. The largest absolute Gasteiger partial charge is 0.394 e. The number of amides is 1. The van der Waals surface area contributed by atoms with E-state index in [1.807, 2.05) is 6.08 Å². The van der Waals surface area contributed by atoms with Gasteiger partial charge in [0.05, 0.1) is 31.3 Å². The minimum absolute atomic E-state index is 0.00570. The third kappa shape index (κ3) is 49.8. The zero-order valence-corrected chi connectivity index (χ0v) is 42.5. The molecule has 0 spiro atoms. The molecule has 0 aliphatic rings. The number of unbranched alkanes of at least 4 members (excludes halogenated alkanes) is 39. The minimum atomic E-state index is -0.959. The maximum atomic E-state index is 12.5. The van der Waals surface area contributed by atoms with Crippen molar-refractivity contribution in [1.82, 2.24) is 5.32 Å². The van der Waals surface area contributed by atoms with Gasteiger partial charge in [0.1, 0.15) is 0 Å². The van der Waals surface area contributed by atoms with E-state index in [1.54, 1.807) is 6.08 Å². The lowest BCUT2D eigenvalue weighted by Gasteiger charge is -2.21. The van der Waals surface area contributed by atoms with Crippen molar-refractivity contribution < 1.29 is 20.1 Å². The Morgan fingerprint density at radius 2 is 0.683 bits per heavy atom. The van der Waals surface area contributed by atoms with Crippen molar-refractivity contribution in [2.24, 2.45) is 0 Å². The van der Waals surface area contributed by atoms with Crippen molar-refractivity contribution in [1.29, 1.82) is 0 Å². The minimum Gasteiger partial charge on any atom is -0.394 e. The van der Waals surface area contributed by atoms with Crippen LogP contribution in [-0.4, -0.2) is 46.1 Å². The summed E-state index contributed by atoms with van der Waals surface area (Å²) < 4.78 is 0. The number of carbonyl (C=O) groups is 1. The monoisotopic (exact) mass is 886 g/mol. The molecule has 4 N–H and O–H groups in total. The molecule has 1 amide bonds. The highest BCUT2D eigenvalue weighted by Gasteiger charge is 2.20. The van der Waals surface area contributed by atoms with Gasteiger partial charge in [-0.1, -0.05) is 288 Å². The molecular weight excluding hydrogens is 775 g/mol. The lowest BCUT2D eigenvalue weighted by Crippen LogP contribution is -2.45. The fourth-order valence-electron chi connectivity index (χ4n) is 8.85. The molecule has 3 atom stereocenters. The molecule has 0 saturated carbocycles. The molecule has 0 aliphatic heterocycles. The molecule has 5 nitrogen and oxygen atoms in total. The quantitative estimate of drug-likeness (QED) is 0.0362. The van der Waals surface area contributed by atoms with E-state index >= 15 is 0 Å². The SMILES string of the molecule is CCCCCCCCCCCCC/C=C/CC/C=C/CC/C=C/C(O)C(CO)NC(=O)CC(O)CCCCCCCCCCCCCCCCCCCCCCCCCCCCC. The second kappa shape index (κ2) is 53.2. The van der Waals surface area contributed by atoms with Crippen LogP contribution in [0.25, 0.3) is 0 Å². The van der Waals surface area contributed by atoms with Crippen LogP contribution in [0.2, 0.25) is 0 Å². The molecule has 0 aromatic carbocycles. The third-order valence-corrected chi connectivity index (χ3v) is 13.2. The molecule has 0 heterocycles. The second-order valence-corrected chi connectivity index (χ2v) is 19.5. The van der Waals surface area contributed by atoms with E-state index in [0.29, 0.717) is 6.42 Å². The molecule has 0 bridgehead atoms. The number of hydrogen-bond acceptors (Lipinski definition) is 4. The summed E-state index contributed by atoms with van der Waals surface area (Å²) in [7, 11) is 0. The normalized spacial score (nSPS) is 13.5. The zero-order valence-electron chi connectivity index (χ0n) is 42.5. The summed E-state index contributed by atoms with van der Waals surface area (Å²) in [4.78, 5) is 12.5. The first-order chi connectivity index (χ1) is 31.0. The van der Waals surface area contributed by atoms with E-state index in [4.69, 9.17) is 0 Å². The Bertz CT molecular complexity index is 978. The highest BCUT2D eigenvalue weighted by atomic mass is 16.3. The molecule has 0 radical (unpaired) electrons. The highest BCUT2D eigenvalue weighted by molar-refractivity contribution is 5.76. The number of allylic oxidation sites excluding steroid dienone is 5. The topological polar surface area (TPSA) is 89.8 Å². The second-order valence-electron chi connectivity index (χ2n) is 19.5. The van der Waals surface area contributed by atoms with Gasteiger partial charge in [0.2, 0.25) is 5.91 Å². The van der Waals surface area contributed by atoms with Gasteiger partial charge >= 0.3 is 0 Å². The number of aliphatic hydroxyl groups is 3. The van der Waals surface area contributed by atoms with Crippen LogP contribution in [0.15, 0.2) is 36.5 Å². The van der Waals surface area contributed by atoms with Crippen LogP contribution in [0.5, 0.6) is 0 Å². The Labute approximate surface area is 394 Å². The zero-order chi connectivity index (χ0) is 45.8. The molecule has 3 unspecified atom stereocenters. The summed E-state index contributed by atoms with van der Waals surface area (Å²) >= 11 is 0. The first-order valence-electron chi connectivity index (χ1n) is 28.3. The number of nitrogens with one attached hydrogen (secondary N) is 1. The summed E-state index contributed by atoms with van der Waals surface area (Å²) in [5.74, 6) is -0.324. The molecule has 5 heteroatoms. The number of hydrogen-bond donors (Lipinski definition) is 4. The van der Waals surface area contributed by atoms with Crippen molar-refractivity contribution in [3.05, 3.63) is 36.5 Å². The summed E-state index contributed by atoms with van der Waals surface area (Å²) in [6, 6.07) is -0.767. The average Bonchev–Trinajstić information content (AvgIpc) is 3.28. The Kier molecular flexibility index (Phi) is 52.0. The lowest BCUT2D eigenvalue weighted by molar-refractivity contribution is -0.124. The lowest BCUT2D eigenvalue weighted by atomic mass is 10.0. The average molecular weight is 887 g/mol. The van der Waals surface area contributed by atoms with Gasteiger partial charge < -0.3 is 20.6 Å². The van der Waals surface area contributed by atoms with Gasteiger partial charge in [-0.3, -0.25) is 4.79 Å². The fraction of sp³-hybridized carbons (Fsp3) is 0.879. The van der Waals surface area contributed by atoms with Gasteiger partial charge in [0, 0.05) is 0 Å². The maximum absolute atomic E-state index is 12.5. The van der Waals surface area contributed by atoms with Crippen LogP contribution in [0, 0.1) is 0 Å². The summed E-state index contributed by atoms with van der Waals surface area (Å²) in [5, 5.41) is 33.4.